The largest absolute Gasteiger partial charge is 0.326 e. The van der Waals surface area contributed by atoms with E-state index in [2.05, 4.69) is 32.7 Å². The van der Waals surface area contributed by atoms with E-state index in [0.717, 1.165) is 39.5 Å². The Morgan fingerprint density at radius 3 is 2.38 bits per heavy atom. The summed E-state index contributed by atoms with van der Waals surface area (Å²) in [6.07, 6.45) is 0.309. The van der Waals surface area contributed by atoms with Crippen LogP contribution in [-0.2, 0) is 11.2 Å². The minimum Gasteiger partial charge on any atom is -0.326 e. The van der Waals surface area contributed by atoms with Gasteiger partial charge in [0.05, 0.1) is 12.1 Å². The molecule has 6 nitrogen and oxygen atoms in total. The van der Waals surface area contributed by atoms with Crippen LogP contribution >= 0.6 is 0 Å². The molecule has 0 unspecified atom stereocenters. The van der Waals surface area contributed by atoms with Crippen molar-refractivity contribution < 1.29 is 4.79 Å². The Hall–Kier alpha value is -4.32. The maximum absolute atomic E-state index is 12.6. The number of aromatic nitrogens is 4. The number of nitrogens with one attached hydrogen (secondary N) is 1. The van der Waals surface area contributed by atoms with Gasteiger partial charge in [0.15, 0.2) is 11.5 Å². The molecule has 0 spiro atoms. The number of benzene rings is 3. The fraction of sp³-hybridized carbons (Fsp3) is 0.0769. The topological polar surface area (TPSA) is 72.2 Å². The SMILES string of the molecule is Cc1nnc2ccc(-c3cccc(NC(=O)Cc4ccc(-c5ccccc5)cc4)c3)nn12. The van der Waals surface area contributed by atoms with E-state index in [9.17, 15) is 4.79 Å². The maximum atomic E-state index is 12.6. The second kappa shape index (κ2) is 8.43. The van der Waals surface area contributed by atoms with E-state index in [1.54, 1.807) is 4.52 Å². The molecule has 3 aromatic carbocycles. The highest BCUT2D eigenvalue weighted by molar-refractivity contribution is 5.93. The highest BCUT2D eigenvalue weighted by Crippen LogP contribution is 2.22. The molecule has 0 aliphatic carbocycles. The van der Waals surface area contributed by atoms with E-state index >= 15 is 0 Å². The van der Waals surface area contributed by atoms with Crippen LogP contribution in [0, 0.1) is 6.92 Å². The van der Waals surface area contributed by atoms with Gasteiger partial charge in [0.25, 0.3) is 0 Å². The Morgan fingerprint density at radius 1 is 0.812 bits per heavy atom. The summed E-state index contributed by atoms with van der Waals surface area (Å²) in [5.74, 6) is 0.664. The van der Waals surface area contributed by atoms with Crippen LogP contribution in [-0.4, -0.2) is 25.7 Å². The third kappa shape index (κ3) is 4.11. The lowest BCUT2D eigenvalue weighted by atomic mass is 10.0. The molecule has 1 N–H and O–H groups in total. The average Bonchev–Trinajstić information content (AvgIpc) is 3.20. The van der Waals surface area contributed by atoms with Gasteiger partial charge in [0.2, 0.25) is 5.91 Å². The van der Waals surface area contributed by atoms with Crippen LogP contribution in [0.2, 0.25) is 0 Å². The number of hydrogen-bond acceptors (Lipinski definition) is 4. The molecule has 5 rings (SSSR count). The molecule has 0 atom stereocenters. The van der Waals surface area contributed by atoms with Gasteiger partial charge in [-0.2, -0.15) is 9.61 Å². The molecular formula is C26H21N5O. The number of carbonyl (C=O) groups is 1. The Balaban J connectivity index is 1.29. The molecule has 0 fully saturated rings. The van der Waals surface area contributed by atoms with E-state index in [-0.39, 0.29) is 5.91 Å². The van der Waals surface area contributed by atoms with Crippen molar-refractivity contribution in [2.75, 3.05) is 5.32 Å². The lowest BCUT2D eigenvalue weighted by molar-refractivity contribution is -0.115. The zero-order chi connectivity index (χ0) is 21.9. The van der Waals surface area contributed by atoms with Gasteiger partial charge in [-0.05, 0) is 47.9 Å². The molecular weight excluding hydrogens is 398 g/mol. The van der Waals surface area contributed by atoms with Crippen molar-refractivity contribution in [3.8, 4) is 22.4 Å². The summed E-state index contributed by atoms with van der Waals surface area (Å²) >= 11 is 0. The number of fused-ring (bicyclic) bond motifs is 1. The van der Waals surface area contributed by atoms with Gasteiger partial charge in [-0.15, -0.1) is 10.2 Å². The molecule has 6 heteroatoms. The van der Waals surface area contributed by atoms with Crippen molar-refractivity contribution in [3.63, 3.8) is 0 Å². The zero-order valence-electron chi connectivity index (χ0n) is 17.6. The number of carbonyl (C=O) groups excluding carboxylic acids is 1. The summed E-state index contributed by atoms with van der Waals surface area (Å²) in [6.45, 7) is 1.86. The molecule has 156 valence electrons. The van der Waals surface area contributed by atoms with Crippen LogP contribution in [0.15, 0.2) is 91.0 Å². The van der Waals surface area contributed by atoms with Crippen molar-refractivity contribution in [2.24, 2.45) is 0 Å². The highest BCUT2D eigenvalue weighted by Gasteiger charge is 2.09. The van der Waals surface area contributed by atoms with Crippen LogP contribution in [0.25, 0.3) is 28.0 Å². The maximum Gasteiger partial charge on any atom is 0.228 e. The predicted octanol–water partition coefficient (Wildman–Crippen LogP) is 4.95. The molecule has 2 heterocycles. The normalized spacial score (nSPS) is 10.9. The molecule has 5 aromatic rings. The number of anilines is 1. The van der Waals surface area contributed by atoms with Crippen molar-refractivity contribution in [1.29, 1.82) is 0 Å². The number of nitrogens with zero attached hydrogens (tertiary/aromatic N) is 4. The van der Waals surface area contributed by atoms with Gasteiger partial charge >= 0.3 is 0 Å². The molecule has 0 bridgehead atoms. The standard InChI is InChI=1S/C26H21N5O/c1-18-28-29-25-15-14-24(30-31(18)25)22-8-5-9-23(17-22)27-26(32)16-19-10-12-21(13-11-19)20-6-3-2-4-7-20/h2-15,17H,16H2,1H3,(H,27,32). The number of amides is 1. The van der Waals surface area contributed by atoms with Crippen LogP contribution in [0.4, 0.5) is 5.69 Å². The van der Waals surface area contributed by atoms with Gasteiger partial charge in [0, 0.05) is 11.3 Å². The van der Waals surface area contributed by atoms with Gasteiger partial charge < -0.3 is 5.32 Å². The summed E-state index contributed by atoms with van der Waals surface area (Å²) in [5, 5.41) is 15.7. The molecule has 0 saturated heterocycles. The average molecular weight is 419 g/mol. The summed E-state index contributed by atoms with van der Waals surface area (Å²) in [5.41, 5.74) is 6.39. The third-order valence-electron chi connectivity index (χ3n) is 5.29. The molecule has 0 aliphatic heterocycles. The molecule has 1 amide bonds. The minimum absolute atomic E-state index is 0.0623. The Morgan fingerprint density at radius 2 is 1.56 bits per heavy atom. The van der Waals surface area contributed by atoms with Crippen LogP contribution < -0.4 is 5.32 Å². The van der Waals surface area contributed by atoms with Gasteiger partial charge in [0.1, 0.15) is 0 Å². The summed E-state index contributed by atoms with van der Waals surface area (Å²) in [6, 6.07) is 29.7. The first-order valence-corrected chi connectivity index (χ1v) is 10.4. The van der Waals surface area contributed by atoms with E-state index in [1.807, 2.05) is 85.8 Å². The summed E-state index contributed by atoms with van der Waals surface area (Å²) in [4.78, 5) is 12.6. The predicted molar refractivity (Wildman–Crippen MR) is 125 cm³/mol. The van der Waals surface area contributed by atoms with Crippen LogP contribution in [0.3, 0.4) is 0 Å². The number of aryl methyl sites for hydroxylation is 1. The van der Waals surface area contributed by atoms with E-state index in [0.29, 0.717) is 12.1 Å². The first kappa shape index (κ1) is 19.6. The van der Waals surface area contributed by atoms with Gasteiger partial charge in [-0.3, -0.25) is 4.79 Å². The summed E-state index contributed by atoms with van der Waals surface area (Å²) in [7, 11) is 0. The van der Waals surface area contributed by atoms with Gasteiger partial charge in [-0.1, -0.05) is 66.7 Å². The first-order valence-electron chi connectivity index (χ1n) is 10.4. The zero-order valence-corrected chi connectivity index (χ0v) is 17.6. The number of hydrogen-bond donors (Lipinski definition) is 1. The molecule has 32 heavy (non-hydrogen) atoms. The smallest absolute Gasteiger partial charge is 0.228 e. The minimum atomic E-state index is -0.0623. The Bertz CT molecular complexity index is 1390. The highest BCUT2D eigenvalue weighted by atomic mass is 16.1. The van der Waals surface area contributed by atoms with Gasteiger partial charge in [-0.25, -0.2) is 0 Å². The van der Waals surface area contributed by atoms with E-state index in [4.69, 9.17) is 0 Å². The quantitative estimate of drug-likeness (QED) is 0.438. The lowest BCUT2D eigenvalue weighted by Crippen LogP contribution is -2.14. The molecule has 0 aliphatic rings. The van der Waals surface area contributed by atoms with E-state index in [1.165, 1.54) is 0 Å². The fourth-order valence-corrected chi connectivity index (χ4v) is 3.64. The second-order valence-electron chi connectivity index (χ2n) is 7.60. The Labute approximate surface area is 185 Å². The van der Waals surface area contributed by atoms with Crippen molar-refractivity contribution in [2.45, 2.75) is 13.3 Å². The second-order valence-corrected chi connectivity index (χ2v) is 7.60. The van der Waals surface area contributed by atoms with Crippen molar-refractivity contribution in [3.05, 3.63) is 102 Å². The molecule has 2 aromatic heterocycles. The fourth-order valence-electron chi connectivity index (χ4n) is 3.64. The van der Waals surface area contributed by atoms with Crippen molar-refractivity contribution in [1.82, 2.24) is 19.8 Å². The first-order chi connectivity index (χ1) is 15.7. The molecule has 0 radical (unpaired) electrons. The number of rotatable bonds is 5. The third-order valence-corrected chi connectivity index (χ3v) is 5.29. The molecule has 0 saturated carbocycles. The lowest BCUT2D eigenvalue weighted by Gasteiger charge is -2.08. The van der Waals surface area contributed by atoms with Crippen LogP contribution in [0.1, 0.15) is 11.4 Å². The van der Waals surface area contributed by atoms with Crippen LogP contribution in [0.5, 0.6) is 0 Å². The summed E-state index contributed by atoms with van der Waals surface area (Å²) < 4.78 is 1.71. The Kier molecular flexibility index (Phi) is 5.17. The van der Waals surface area contributed by atoms with E-state index < -0.39 is 0 Å². The van der Waals surface area contributed by atoms with Crippen molar-refractivity contribution >= 4 is 17.2 Å². The monoisotopic (exact) mass is 419 g/mol.